The zero-order chi connectivity index (χ0) is 19.1. The normalized spacial score (nSPS) is 32.6. The van der Waals surface area contributed by atoms with Gasteiger partial charge in [0.1, 0.15) is 0 Å². The van der Waals surface area contributed by atoms with Gasteiger partial charge in [-0.1, -0.05) is 43.5 Å². The van der Waals surface area contributed by atoms with Gasteiger partial charge in [0.05, 0.1) is 0 Å². The molecule has 3 nitrogen and oxygen atoms in total. The van der Waals surface area contributed by atoms with Gasteiger partial charge in [-0.05, 0) is 74.6 Å². The predicted molar refractivity (Wildman–Crippen MR) is 113 cm³/mol. The average Bonchev–Trinajstić information content (AvgIpc) is 2.90. The van der Waals surface area contributed by atoms with E-state index in [2.05, 4.69) is 34.1 Å². The quantitative estimate of drug-likeness (QED) is 0.702. The van der Waals surface area contributed by atoms with Gasteiger partial charge < -0.3 is 9.80 Å². The van der Waals surface area contributed by atoms with E-state index in [0.717, 1.165) is 31.0 Å². The first-order valence-electron chi connectivity index (χ1n) is 11.7. The van der Waals surface area contributed by atoms with Crippen LogP contribution in [0.3, 0.4) is 0 Å². The third kappa shape index (κ3) is 3.30. The van der Waals surface area contributed by atoms with Crippen LogP contribution in [0.2, 0.25) is 0 Å². The molecule has 0 aromatic heterocycles. The molecule has 0 radical (unpaired) electrons. The molecule has 3 heteroatoms. The highest BCUT2D eigenvalue weighted by molar-refractivity contribution is 5.74. The molecule has 2 saturated carbocycles. The fourth-order valence-electron chi connectivity index (χ4n) is 7.06. The van der Waals surface area contributed by atoms with Crippen LogP contribution in [0.25, 0.3) is 0 Å². The van der Waals surface area contributed by atoms with E-state index in [1.165, 1.54) is 82.0 Å². The third-order valence-corrected chi connectivity index (χ3v) is 8.60. The number of amides is 1. The molecule has 1 aromatic carbocycles. The summed E-state index contributed by atoms with van der Waals surface area (Å²) in [4.78, 5) is 17.2. The number of hydrogen-bond acceptors (Lipinski definition) is 2. The number of carbonyl (C=O) groups excluding carboxylic acids is 1. The van der Waals surface area contributed by atoms with Crippen molar-refractivity contribution in [1.82, 2.24) is 9.80 Å². The molecular formula is C25H36N2O. The molecule has 3 unspecified atom stereocenters. The van der Waals surface area contributed by atoms with Gasteiger partial charge in [0.25, 0.3) is 0 Å². The first-order valence-corrected chi connectivity index (χ1v) is 11.7. The molecule has 28 heavy (non-hydrogen) atoms. The van der Waals surface area contributed by atoms with Crippen molar-refractivity contribution >= 4 is 5.91 Å². The maximum Gasteiger partial charge on any atom is 0.219 e. The van der Waals surface area contributed by atoms with Gasteiger partial charge in [-0.15, -0.1) is 0 Å². The van der Waals surface area contributed by atoms with Gasteiger partial charge in [-0.2, -0.15) is 0 Å². The summed E-state index contributed by atoms with van der Waals surface area (Å²) in [7, 11) is 0. The minimum absolute atomic E-state index is 0.178. The molecule has 2 aliphatic heterocycles. The van der Waals surface area contributed by atoms with Crippen molar-refractivity contribution in [1.29, 1.82) is 0 Å². The van der Waals surface area contributed by atoms with Crippen molar-refractivity contribution in [2.45, 2.75) is 82.7 Å². The van der Waals surface area contributed by atoms with Gasteiger partial charge in [0.15, 0.2) is 0 Å². The van der Waals surface area contributed by atoms with Crippen LogP contribution in [-0.2, 0) is 16.8 Å². The van der Waals surface area contributed by atoms with Crippen molar-refractivity contribution in [3.05, 3.63) is 35.4 Å². The number of fused-ring (bicyclic) bond motifs is 4. The van der Waals surface area contributed by atoms with Crippen LogP contribution in [-0.4, -0.2) is 41.4 Å². The molecule has 4 aliphatic rings. The maximum absolute atomic E-state index is 12.2. The van der Waals surface area contributed by atoms with Gasteiger partial charge in [-0.25, -0.2) is 0 Å². The van der Waals surface area contributed by atoms with Crippen molar-refractivity contribution in [2.24, 2.45) is 11.8 Å². The van der Waals surface area contributed by atoms with Crippen LogP contribution in [0.15, 0.2) is 24.3 Å². The monoisotopic (exact) mass is 380 g/mol. The van der Waals surface area contributed by atoms with Gasteiger partial charge >= 0.3 is 0 Å². The van der Waals surface area contributed by atoms with Crippen molar-refractivity contribution < 1.29 is 4.79 Å². The van der Waals surface area contributed by atoms with E-state index in [-0.39, 0.29) is 11.3 Å². The van der Waals surface area contributed by atoms with Crippen LogP contribution in [0.1, 0.15) is 75.8 Å². The summed E-state index contributed by atoms with van der Waals surface area (Å²) in [5.41, 5.74) is 3.09. The Kier molecular flexibility index (Phi) is 4.99. The van der Waals surface area contributed by atoms with E-state index in [1.54, 1.807) is 6.92 Å². The number of piperidine rings is 1. The largest absolute Gasteiger partial charge is 0.338 e. The topological polar surface area (TPSA) is 23.6 Å². The Balaban J connectivity index is 1.34. The second-order valence-corrected chi connectivity index (χ2v) is 10.1. The predicted octanol–water partition coefficient (Wildman–Crippen LogP) is 4.74. The highest BCUT2D eigenvalue weighted by Crippen LogP contribution is 2.45. The fraction of sp³-hybridized carbons (Fsp3) is 0.720. The van der Waals surface area contributed by atoms with E-state index in [1.807, 2.05) is 0 Å². The number of rotatable bonds is 1. The molecule has 2 bridgehead atoms. The Bertz CT molecular complexity index is 721. The lowest BCUT2D eigenvalue weighted by Gasteiger charge is -2.51. The Labute approximate surface area is 170 Å². The molecule has 1 saturated heterocycles. The fourth-order valence-corrected chi connectivity index (χ4v) is 7.06. The van der Waals surface area contributed by atoms with Crippen LogP contribution in [0.4, 0.5) is 0 Å². The summed E-state index contributed by atoms with van der Waals surface area (Å²) < 4.78 is 0. The van der Waals surface area contributed by atoms with Crippen LogP contribution >= 0.6 is 0 Å². The summed E-state index contributed by atoms with van der Waals surface area (Å²) in [5, 5.41) is 0. The second kappa shape index (κ2) is 7.48. The minimum atomic E-state index is 0.178. The molecule has 5 rings (SSSR count). The van der Waals surface area contributed by atoms with Crippen LogP contribution < -0.4 is 0 Å². The van der Waals surface area contributed by atoms with Gasteiger partial charge in [0, 0.05) is 31.5 Å². The highest BCUT2D eigenvalue weighted by atomic mass is 16.2. The molecule has 2 aliphatic carbocycles. The molecule has 3 atom stereocenters. The van der Waals surface area contributed by atoms with Gasteiger partial charge in [-0.3, -0.25) is 4.79 Å². The number of nitrogens with zero attached hydrogens (tertiary/aromatic N) is 2. The van der Waals surface area contributed by atoms with E-state index >= 15 is 0 Å². The van der Waals surface area contributed by atoms with E-state index < -0.39 is 0 Å². The van der Waals surface area contributed by atoms with E-state index in [4.69, 9.17) is 0 Å². The molecular weight excluding hydrogens is 344 g/mol. The lowest BCUT2D eigenvalue weighted by Crippen LogP contribution is -2.55. The summed E-state index contributed by atoms with van der Waals surface area (Å²) >= 11 is 0. The lowest BCUT2D eigenvalue weighted by atomic mass is 9.68. The number of benzene rings is 1. The highest BCUT2D eigenvalue weighted by Gasteiger charge is 2.45. The van der Waals surface area contributed by atoms with Gasteiger partial charge in [0.2, 0.25) is 5.91 Å². The summed E-state index contributed by atoms with van der Waals surface area (Å²) in [6.07, 6.45) is 12.7. The molecule has 1 amide bonds. The molecule has 152 valence electrons. The first-order chi connectivity index (χ1) is 13.6. The van der Waals surface area contributed by atoms with Crippen LogP contribution in [0, 0.1) is 11.8 Å². The number of hydrogen-bond donors (Lipinski definition) is 0. The number of carbonyl (C=O) groups is 1. The summed E-state index contributed by atoms with van der Waals surface area (Å²) in [6.45, 7) is 5.88. The molecule has 1 spiro atoms. The maximum atomic E-state index is 12.2. The molecule has 0 N–H and O–H groups in total. The third-order valence-electron chi connectivity index (χ3n) is 8.60. The Morgan fingerprint density at radius 3 is 2.64 bits per heavy atom. The minimum Gasteiger partial charge on any atom is -0.338 e. The standard InChI is InChI=1S/C25H36N2O/c1-19(28)27-17-22-8-4-5-9-23(22)25(18-27)12-14-26(15-13-25)24-11-10-20-6-2-3-7-21(24)16-20/h4-5,8-9,20-21,24H,2-3,6-7,10-18H2,1H3. The van der Waals surface area contributed by atoms with Crippen molar-refractivity contribution in [3.8, 4) is 0 Å². The van der Waals surface area contributed by atoms with Crippen LogP contribution in [0.5, 0.6) is 0 Å². The number of likely N-dealkylation sites (tertiary alicyclic amines) is 1. The van der Waals surface area contributed by atoms with Crippen molar-refractivity contribution in [2.75, 3.05) is 19.6 Å². The first kappa shape index (κ1) is 18.7. The lowest BCUT2D eigenvalue weighted by molar-refractivity contribution is -0.131. The van der Waals surface area contributed by atoms with Crippen molar-refractivity contribution in [3.63, 3.8) is 0 Å². The van der Waals surface area contributed by atoms with E-state index in [0.29, 0.717) is 0 Å². The second-order valence-electron chi connectivity index (χ2n) is 10.1. The smallest absolute Gasteiger partial charge is 0.219 e. The average molecular weight is 381 g/mol. The Morgan fingerprint density at radius 2 is 1.82 bits per heavy atom. The SMILES string of the molecule is CC(=O)N1Cc2ccccc2C2(CCN(C3CCC4CCCCC3C4)CC2)C1. The Hall–Kier alpha value is -1.35. The molecule has 3 fully saturated rings. The van der Waals surface area contributed by atoms with E-state index in [9.17, 15) is 4.79 Å². The molecule has 1 aromatic rings. The summed E-state index contributed by atoms with van der Waals surface area (Å²) in [5.74, 6) is 2.20. The zero-order valence-electron chi connectivity index (χ0n) is 17.5. The Morgan fingerprint density at radius 1 is 1.04 bits per heavy atom. The molecule has 2 heterocycles. The summed E-state index contributed by atoms with van der Waals surface area (Å²) in [6, 6.07) is 9.75. The zero-order valence-corrected chi connectivity index (χ0v) is 17.5.